The maximum atomic E-state index is 10.8. The molecule has 0 aromatic heterocycles. The van der Waals surface area contributed by atoms with Crippen LogP contribution < -0.4 is 5.32 Å². The molecule has 0 unspecified atom stereocenters. The fourth-order valence-electron chi connectivity index (χ4n) is 1.38. The molecule has 0 bridgehead atoms. The van der Waals surface area contributed by atoms with E-state index in [1.165, 1.54) is 6.07 Å². The Labute approximate surface area is 105 Å². The molecule has 92 valence electrons. The molecule has 0 amide bonds. The molecular weight excluding hydrogens is 236 g/mol. The molecule has 1 aromatic carbocycles. The van der Waals surface area contributed by atoms with Crippen LogP contribution in [0.2, 0.25) is 0 Å². The zero-order valence-corrected chi connectivity index (χ0v) is 10.6. The lowest BCUT2D eigenvalue weighted by atomic mass is 10.2. The van der Waals surface area contributed by atoms with Gasteiger partial charge >= 0.3 is 0 Å². The summed E-state index contributed by atoms with van der Waals surface area (Å²) in [6, 6.07) is 5.08. The number of hydrogen-bond donors (Lipinski definition) is 1. The second-order valence-corrected chi connectivity index (χ2v) is 4.72. The van der Waals surface area contributed by atoms with E-state index in [9.17, 15) is 10.1 Å². The summed E-state index contributed by atoms with van der Waals surface area (Å²) in [5.74, 6) is 1.80. The van der Waals surface area contributed by atoms with E-state index in [4.69, 9.17) is 0 Å². The van der Waals surface area contributed by atoms with Crippen LogP contribution in [-0.2, 0) is 0 Å². The molecule has 0 saturated carbocycles. The molecule has 0 aliphatic carbocycles. The van der Waals surface area contributed by atoms with Gasteiger partial charge in [0.1, 0.15) is 5.69 Å². The van der Waals surface area contributed by atoms with Gasteiger partial charge in [-0.25, -0.2) is 0 Å². The Bertz CT molecular complexity index is 407. The number of thioether (sulfide) groups is 1. The predicted molar refractivity (Wildman–Crippen MR) is 73.8 cm³/mol. The van der Waals surface area contributed by atoms with Crippen molar-refractivity contribution < 1.29 is 4.92 Å². The molecule has 17 heavy (non-hydrogen) atoms. The van der Waals surface area contributed by atoms with Crippen LogP contribution in [0.5, 0.6) is 0 Å². The highest BCUT2D eigenvalue weighted by atomic mass is 32.2. The van der Waals surface area contributed by atoms with Gasteiger partial charge in [0.05, 0.1) is 4.92 Å². The van der Waals surface area contributed by atoms with E-state index in [0.717, 1.165) is 17.1 Å². The van der Waals surface area contributed by atoms with Gasteiger partial charge in [-0.15, -0.1) is 6.58 Å². The molecular formula is C12H16N2O2S. The third kappa shape index (κ3) is 4.48. The van der Waals surface area contributed by atoms with Crippen molar-refractivity contribution in [1.29, 1.82) is 0 Å². The van der Waals surface area contributed by atoms with Gasteiger partial charge in [0, 0.05) is 24.1 Å². The first-order valence-corrected chi connectivity index (χ1v) is 6.48. The lowest BCUT2D eigenvalue weighted by Crippen LogP contribution is -2.06. The van der Waals surface area contributed by atoms with E-state index in [2.05, 4.69) is 11.9 Å². The Morgan fingerprint density at radius 1 is 1.59 bits per heavy atom. The first-order chi connectivity index (χ1) is 8.15. The Hall–Kier alpha value is -1.49. The van der Waals surface area contributed by atoms with Crippen LogP contribution in [0.4, 0.5) is 11.4 Å². The Kier molecular flexibility index (Phi) is 5.56. The molecule has 1 rings (SSSR count). The molecule has 0 heterocycles. The van der Waals surface area contributed by atoms with Crippen molar-refractivity contribution >= 4 is 23.1 Å². The molecule has 0 saturated heterocycles. The summed E-state index contributed by atoms with van der Waals surface area (Å²) < 4.78 is 0. The van der Waals surface area contributed by atoms with Gasteiger partial charge in [0.15, 0.2) is 0 Å². The number of anilines is 1. The summed E-state index contributed by atoms with van der Waals surface area (Å²) in [5, 5.41) is 13.9. The SMILES string of the molecule is C=CCSCCNc1cc(C)ccc1[N+](=O)[O-]. The normalized spacial score (nSPS) is 9.94. The van der Waals surface area contributed by atoms with Crippen molar-refractivity contribution in [1.82, 2.24) is 0 Å². The maximum Gasteiger partial charge on any atom is 0.292 e. The quantitative estimate of drug-likeness (QED) is 0.350. The molecule has 0 aliphatic heterocycles. The molecule has 0 aliphatic rings. The van der Waals surface area contributed by atoms with Crippen LogP contribution in [0, 0.1) is 17.0 Å². The number of benzene rings is 1. The monoisotopic (exact) mass is 252 g/mol. The smallest absolute Gasteiger partial charge is 0.292 e. The highest BCUT2D eigenvalue weighted by Crippen LogP contribution is 2.25. The van der Waals surface area contributed by atoms with Crippen LogP contribution in [0.3, 0.4) is 0 Å². The molecule has 0 radical (unpaired) electrons. The second-order valence-electron chi connectivity index (χ2n) is 3.57. The number of nitrogens with zero attached hydrogens (tertiary/aromatic N) is 1. The van der Waals surface area contributed by atoms with E-state index in [0.29, 0.717) is 12.2 Å². The van der Waals surface area contributed by atoms with Gasteiger partial charge in [-0.05, 0) is 18.6 Å². The third-order valence-electron chi connectivity index (χ3n) is 2.15. The number of nitrogens with one attached hydrogen (secondary N) is 1. The molecule has 1 N–H and O–H groups in total. The number of aryl methyl sites for hydroxylation is 1. The number of nitro groups is 1. The standard InChI is InChI=1S/C12H16N2O2S/c1-3-7-17-8-6-13-11-9-10(2)4-5-12(11)14(15)16/h3-5,9,13H,1,6-8H2,2H3. The van der Waals surface area contributed by atoms with Gasteiger partial charge in [-0.2, -0.15) is 11.8 Å². The van der Waals surface area contributed by atoms with Crippen LogP contribution >= 0.6 is 11.8 Å². The van der Waals surface area contributed by atoms with E-state index in [1.807, 2.05) is 13.0 Å². The minimum absolute atomic E-state index is 0.129. The summed E-state index contributed by atoms with van der Waals surface area (Å²) in [4.78, 5) is 10.5. The Morgan fingerprint density at radius 2 is 2.35 bits per heavy atom. The van der Waals surface area contributed by atoms with Crippen LogP contribution in [-0.4, -0.2) is 23.0 Å². The summed E-state index contributed by atoms with van der Waals surface area (Å²) >= 11 is 1.74. The van der Waals surface area contributed by atoms with Crippen molar-refractivity contribution in [3.8, 4) is 0 Å². The molecule has 0 fully saturated rings. The summed E-state index contributed by atoms with van der Waals surface area (Å²) in [6.07, 6.45) is 1.85. The number of nitro benzene ring substituents is 1. The zero-order chi connectivity index (χ0) is 12.7. The highest BCUT2D eigenvalue weighted by Gasteiger charge is 2.12. The fraction of sp³-hybridized carbons (Fsp3) is 0.333. The van der Waals surface area contributed by atoms with E-state index in [1.54, 1.807) is 23.9 Å². The minimum atomic E-state index is -0.362. The molecule has 4 nitrogen and oxygen atoms in total. The maximum absolute atomic E-state index is 10.8. The Morgan fingerprint density at radius 3 is 3.00 bits per heavy atom. The van der Waals surface area contributed by atoms with Crippen molar-refractivity contribution in [3.63, 3.8) is 0 Å². The first-order valence-electron chi connectivity index (χ1n) is 5.32. The van der Waals surface area contributed by atoms with E-state index in [-0.39, 0.29) is 10.6 Å². The lowest BCUT2D eigenvalue weighted by Gasteiger charge is -2.07. The first kappa shape index (κ1) is 13.6. The van der Waals surface area contributed by atoms with Crippen LogP contribution in [0.1, 0.15) is 5.56 Å². The van der Waals surface area contributed by atoms with Gasteiger partial charge in [-0.3, -0.25) is 10.1 Å². The van der Waals surface area contributed by atoms with E-state index < -0.39 is 0 Å². The van der Waals surface area contributed by atoms with Gasteiger partial charge < -0.3 is 5.32 Å². The number of rotatable bonds is 7. The topological polar surface area (TPSA) is 55.2 Å². The average Bonchev–Trinajstić information content (AvgIpc) is 2.28. The molecule has 0 spiro atoms. The average molecular weight is 252 g/mol. The van der Waals surface area contributed by atoms with Crippen molar-refractivity contribution in [3.05, 3.63) is 46.5 Å². The zero-order valence-electron chi connectivity index (χ0n) is 9.81. The van der Waals surface area contributed by atoms with Gasteiger partial charge in [0.2, 0.25) is 0 Å². The minimum Gasteiger partial charge on any atom is -0.379 e. The lowest BCUT2D eigenvalue weighted by molar-refractivity contribution is -0.384. The summed E-state index contributed by atoms with van der Waals surface area (Å²) in [5.41, 5.74) is 1.73. The van der Waals surface area contributed by atoms with Crippen molar-refractivity contribution in [2.75, 3.05) is 23.4 Å². The molecule has 5 heteroatoms. The third-order valence-corrected chi connectivity index (χ3v) is 3.11. The highest BCUT2D eigenvalue weighted by molar-refractivity contribution is 7.99. The Balaban J connectivity index is 2.59. The van der Waals surface area contributed by atoms with Crippen LogP contribution in [0.15, 0.2) is 30.9 Å². The second kappa shape index (κ2) is 6.96. The largest absolute Gasteiger partial charge is 0.379 e. The molecule has 0 atom stereocenters. The summed E-state index contributed by atoms with van der Waals surface area (Å²) in [6.45, 7) is 6.26. The molecule has 1 aromatic rings. The van der Waals surface area contributed by atoms with Crippen molar-refractivity contribution in [2.45, 2.75) is 6.92 Å². The van der Waals surface area contributed by atoms with Crippen LogP contribution in [0.25, 0.3) is 0 Å². The predicted octanol–water partition coefficient (Wildman–Crippen LogP) is 3.23. The summed E-state index contributed by atoms with van der Waals surface area (Å²) in [7, 11) is 0. The van der Waals surface area contributed by atoms with E-state index >= 15 is 0 Å². The number of hydrogen-bond acceptors (Lipinski definition) is 4. The van der Waals surface area contributed by atoms with Gasteiger partial charge in [0.25, 0.3) is 5.69 Å². The van der Waals surface area contributed by atoms with Gasteiger partial charge in [-0.1, -0.05) is 12.1 Å². The fourth-order valence-corrected chi connectivity index (χ4v) is 1.95. The van der Waals surface area contributed by atoms with Crippen molar-refractivity contribution in [2.24, 2.45) is 0 Å².